The van der Waals surface area contributed by atoms with Crippen molar-refractivity contribution in [3.05, 3.63) is 44.2 Å². The summed E-state index contributed by atoms with van der Waals surface area (Å²) >= 11 is 3.61. The lowest BCUT2D eigenvalue weighted by atomic mass is 9.82. The highest BCUT2D eigenvalue weighted by atomic mass is 32.2. The Morgan fingerprint density at radius 1 is 1.33 bits per heavy atom. The van der Waals surface area contributed by atoms with E-state index in [0.717, 1.165) is 11.3 Å². The quantitative estimate of drug-likeness (QED) is 0.386. The molecule has 0 spiro atoms. The summed E-state index contributed by atoms with van der Waals surface area (Å²) in [5.41, 5.74) is 15.2. The minimum atomic E-state index is -0.551. The SMILES string of the molecule is CC(C)c1cc2c(c(C(C)C)c1CC(N)=O)COC2.CSC1=CC(C(C)(C)O)CS1.N#CN. The molecule has 5 N–H and O–H groups in total. The standard InChI is InChI=1S/C16H23NO2.C8H14OS2.CH2N2/c1-9(2)12-5-11-7-19-8-14(11)16(10(3)4)13(12)6-15(17)18;1-8(2,9)6-4-7(10-3)11-5-6;2-1-3/h5,9-10H,6-8H2,1-4H3,(H2,17,18);4,6,9H,5H2,1-3H3;2H2. The van der Waals surface area contributed by atoms with Gasteiger partial charge in [-0.1, -0.05) is 39.8 Å². The van der Waals surface area contributed by atoms with Gasteiger partial charge in [-0.25, -0.2) is 0 Å². The molecule has 0 bridgehead atoms. The van der Waals surface area contributed by atoms with Gasteiger partial charge in [-0.15, -0.1) is 23.5 Å². The van der Waals surface area contributed by atoms with E-state index in [-0.39, 0.29) is 5.91 Å². The fraction of sp³-hybridized carbons (Fsp3) is 0.600. The molecule has 2 heterocycles. The number of carbonyl (C=O) groups excluding carboxylic acids is 1. The molecular formula is C25H39N3O3S2. The number of rotatable bonds is 6. The van der Waals surface area contributed by atoms with Crippen LogP contribution in [0.1, 0.15) is 81.2 Å². The van der Waals surface area contributed by atoms with E-state index in [1.165, 1.54) is 32.7 Å². The van der Waals surface area contributed by atoms with Crippen LogP contribution in [0.25, 0.3) is 0 Å². The lowest BCUT2D eigenvalue weighted by molar-refractivity contribution is -0.117. The molecule has 2 aliphatic rings. The average molecular weight is 494 g/mol. The number of hydrogen-bond acceptors (Lipinski definition) is 7. The summed E-state index contributed by atoms with van der Waals surface area (Å²) < 4.78 is 6.93. The molecule has 1 atom stereocenters. The number of nitriles is 1. The highest BCUT2D eigenvalue weighted by molar-refractivity contribution is 8.22. The van der Waals surface area contributed by atoms with Crippen LogP contribution in [0.5, 0.6) is 0 Å². The second kappa shape index (κ2) is 13.3. The monoisotopic (exact) mass is 493 g/mol. The number of fused-ring (bicyclic) bond motifs is 1. The van der Waals surface area contributed by atoms with Crippen molar-refractivity contribution in [3.63, 3.8) is 0 Å². The predicted octanol–water partition coefficient (Wildman–Crippen LogP) is 4.74. The smallest absolute Gasteiger partial charge is 0.221 e. The van der Waals surface area contributed by atoms with E-state index >= 15 is 0 Å². The van der Waals surface area contributed by atoms with Crippen LogP contribution in [0.2, 0.25) is 0 Å². The molecule has 8 heteroatoms. The minimum absolute atomic E-state index is 0.261. The van der Waals surface area contributed by atoms with Crippen LogP contribution >= 0.6 is 23.5 Å². The lowest BCUT2D eigenvalue weighted by Gasteiger charge is -2.22. The number of hydrogen-bond donors (Lipinski definition) is 3. The highest BCUT2D eigenvalue weighted by Crippen LogP contribution is 2.40. The maximum absolute atomic E-state index is 11.4. The molecule has 1 aromatic carbocycles. The van der Waals surface area contributed by atoms with Crippen LogP contribution in [0.3, 0.4) is 0 Å². The van der Waals surface area contributed by atoms with Gasteiger partial charge in [-0.3, -0.25) is 4.79 Å². The van der Waals surface area contributed by atoms with Crippen LogP contribution < -0.4 is 11.5 Å². The zero-order valence-electron chi connectivity index (χ0n) is 20.9. The Labute approximate surface area is 207 Å². The second-order valence-electron chi connectivity index (χ2n) is 9.33. The van der Waals surface area contributed by atoms with E-state index in [1.54, 1.807) is 11.8 Å². The van der Waals surface area contributed by atoms with Gasteiger partial charge in [0, 0.05) is 15.9 Å². The molecule has 33 heavy (non-hydrogen) atoms. The van der Waals surface area contributed by atoms with E-state index in [2.05, 4.69) is 51.8 Å². The first-order valence-electron chi connectivity index (χ1n) is 11.1. The van der Waals surface area contributed by atoms with Crippen molar-refractivity contribution in [2.24, 2.45) is 17.4 Å². The van der Waals surface area contributed by atoms with Gasteiger partial charge >= 0.3 is 0 Å². The van der Waals surface area contributed by atoms with E-state index in [4.69, 9.17) is 15.7 Å². The molecular weight excluding hydrogens is 454 g/mol. The average Bonchev–Trinajstić information content (AvgIpc) is 3.36. The summed E-state index contributed by atoms with van der Waals surface area (Å²) in [6.07, 6.45) is 5.83. The summed E-state index contributed by atoms with van der Waals surface area (Å²) in [6, 6.07) is 2.21. The topological polar surface area (TPSA) is 122 Å². The van der Waals surface area contributed by atoms with Crippen LogP contribution in [0.4, 0.5) is 0 Å². The van der Waals surface area contributed by atoms with Crippen molar-refractivity contribution in [2.45, 2.75) is 78.6 Å². The van der Waals surface area contributed by atoms with Gasteiger partial charge in [0.05, 0.1) is 25.2 Å². The third-order valence-electron chi connectivity index (χ3n) is 5.62. The number of carbonyl (C=O) groups is 1. The first-order valence-corrected chi connectivity index (χ1v) is 13.3. The molecule has 2 aliphatic heterocycles. The number of amides is 1. The van der Waals surface area contributed by atoms with Gasteiger partial charge in [0.25, 0.3) is 0 Å². The van der Waals surface area contributed by atoms with E-state index in [1.807, 2.05) is 25.6 Å². The van der Waals surface area contributed by atoms with E-state index < -0.39 is 5.60 Å². The largest absolute Gasteiger partial charge is 0.390 e. The summed E-state index contributed by atoms with van der Waals surface area (Å²) in [4.78, 5) is 11.4. The van der Waals surface area contributed by atoms with Crippen molar-refractivity contribution in [3.8, 4) is 6.19 Å². The zero-order valence-corrected chi connectivity index (χ0v) is 22.5. The van der Waals surface area contributed by atoms with Crippen molar-refractivity contribution in [1.82, 2.24) is 0 Å². The van der Waals surface area contributed by atoms with Crippen molar-refractivity contribution in [1.29, 1.82) is 5.26 Å². The van der Waals surface area contributed by atoms with Crippen LogP contribution in [-0.4, -0.2) is 28.6 Å². The maximum atomic E-state index is 11.4. The molecule has 184 valence electrons. The van der Waals surface area contributed by atoms with Crippen molar-refractivity contribution >= 4 is 29.4 Å². The van der Waals surface area contributed by atoms with E-state index in [9.17, 15) is 9.90 Å². The molecule has 3 rings (SSSR count). The predicted molar refractivity (Wildman–Crippen MR) is 140 cm³/mol. The molecule has 1 amide bonds. The molecule has 6 nitrogen and oxygen atoms in total. The van der Waals surface area contributed by atoms with Gasteiger partial charge in [0.1, 0.15) is 0 Å². The summed E-state index contributed by atoms with van der Waals surface area (Å²) in [5, 5.41) is 16.8. The molecule has 0 fully saturated rings. The number of nitrogens with zero attached hydrogens (tertiary/aromatic N) is 1. The maximum Gasteiger partial charge on any atom is 0.221 e. The number of aliphatic hydroxyl groups is 1. The third-order valence-corrected chi connectivity index (χ3v) is 7.96. The fourth-order valence-corrected chi connectivity index (χ4v) is 6.07. The Morgan fingerprint density at radius 3 is 2.33 bits per heavy atom. The Kier molecular flexibility index (Phi) is 11.8. The summed E-state index contributed by atoms with van der Waals surface area (Å²) in [7, 11) is 0. The number of benzene rings is 1. The Hall–Kier alpha value is -1.66. The normalized spacial score (nSPS) is 16.9. The molecule has 0 saturated heterocycles. The van der Waals surface area contributed by atoms with Gasteiger partial charge < -0.3 is 21.3 Å². The molecule has 0 aromatic heterocycles. The Morgan fingerprint density at radius 2 is 1.94 bits per heavy atom. The first-order chi connectivity index (χ1) is 15.4. The zero-order chi connectivity index (χ0) is 25.3. The van der Waals surface area contributed by atoms with Crippen molar-refractivity contribution in [2.75, 3.05) is 12.0 Å². The molecule has 0 aliphatic carbocycles. The molecule has 0 saturated carbocycles. The highest BCUT2D eigenvalue weighted by Gasteiger charge is 2.29. The first kappa shape index (κ1) is 29.4. The van der Waals surface area contributed by atoms with E-state index in [0.29, 0.717) is 37.4 Å². The molecule has 1 unspecified atom stereocenters. The number of nitrogens with two attached hydrogens (primary N) is 2. The summed E-state index contributed by atoms with van der Waals surface area (Å²) in [6.45, 7) is 13.7. The van der Waals surface area contributed by atoms with Gasteiger partial charge in [0.2, 0.25) is 5.91 Å². The van der Waals surface area contributed by atoms with Gasteiger partial charge in [-0.2, -0.15) is 5.26 Å². The van der Waals surface area contributed by atoms with Crippen LogP contribution in [0, 0.1) is 17.4 Å². The number of ether oxygens (including phenoxy) is 1. The fourth-order valence-electron chi connectivity index (χ4n) is 3.99. The Balaban J connectivity index is 0.000000329. The van der Waals surface area contributed by atoms with Crippen LogP contribution in [-0.2, 0) is 29.2 Å². The van der Waals surface area contributed by atoms with Crippen LogP contribution in [0.15, 0.2) is 16.4 Å². The number of primary amides is 1. The third kappa shape index (κ3) is 8.56. The van der Waals surface area contributed by atoms with Gasteiger partial charge in [-0.05, 0) is 59.8 Å². The lowest BCUT2D eigenvalue weighted by Crippen LogP contribution is -2.29. The summed E-state index contributed by atoms with van der Waals surface area (Å²) in [5.74, 6) is 1.86. The number of thioether (sulfide) groups is 2. The molecule has 1 aromatic rings. The second-order valence-corrected chi connectivity index (χ2v) is 11.5. The Bertz CT molecular complexity index is 884. The minimum Gasteiger partial charge on any atom is -0.390 e. The van der Waals surface area contributed by atoms with Gasteiger partial charge in [0.15, 0.2) is 6.19 Å². The van der Waals surface area contributed by atoms with Crippen molar-refractivity contribution < 1.29 is 14.6 Å². The molecule has 0 radical (unpaired) electrons.